The number of nitrogens with zero attached hydrogens (tertiary/aromatic N) is 4. The summed E-state index contributed by atoms with van der Waals surface area (Å²) >= 11 is 0. The van der Waals surface area contributed by atoms with Crippen molar-refractivity contribution in [2.75, 3.05) is 31.6 Å². The molecule has 8 nitrogen and oxygen atoms in total. The number of hydrogen-bond donors (Lipinski definition) is 0. The summed E-state index contributed by atoms with van der Waals surface area (Å²) in [5.74, 6) is 1.13. The molecule has 2 heterocycles. The van der Waals surface area contributed by atoms with Gasteiger partial charge in [0.25, 0.3) is 0 Å². The molecule has 0 unspecified atom stereocenters. The fourth-order valence-electron chi connectivity index (χ4n) is 4.80. The first kappa shape index (κ1) is 32.8. The normalized spacial score (nSPS) is 18.8. The number of rotatable bonds is 13. The summed E-state index contributed by atoms with van der Waals surface area (Å²) in [7, 11) is -2.38. The molecule has 0 aliphatic heterocycles. The lowest BCUT2D eigenvalue weighted by atomic mass is 9.80. The second kappa shape index (κ2) is 13.5. The van der Waals surface area contributed by atoms with Crippen LogP contribution in [-0.4, -0.2) is 69.0 Å². The number of anilines is 1. The highest BCUT2D eigenvalue weighted by Crippen LogP contribution is 2.37. The summed E-state index contributed by atoms with van der Waals surface area (Å²) in [6, 6.07) is 4.41. The molecular weight excluding hydrogens is 537 g/mol. The van der Waals surface area contributed by atoms with Crippen LogP contribution in [0, 0.1) is 12.8 Å². The largest absolute Gasteiger partial charge is 0.460 e. The molecule has 0 atom stereocenters. The first-order chi connectivity index (χ1) is 18.5. The van der Waals surface area contributed by atoms with E-state index in [1.165, 1.54) is 0 Å². The van der Waals surface area contributed by atoms with Crippen molar-refractivity contribution in [1.29, 1.82) is 0 Å². The molecule has 0 N–H and O–H groups in total. The Labute approximate surface area is 244 Å². The van der Waals surface area contributed by atoms with Gasteiger partial charge < -0.3 is 19.1 Å². The van der Waals surface area contributed by atoms with E-state index >= 15 is 0 Å². The Balaban J connectivity index is 1.81. The van der Waals surface area contributed by atoms with Gasteiger partial charge >= 0.3 is 5.97 Å². The zero-order chi connectivity index (χ0) is 29.7. The predicted octanol–water partition coefficient (Wildman–Crippen LogP) is 7.08. The van der Waals surface area contributed by atoms with E-state index in [1.807, 2.05) is 31.5 Å². The van der Waals surface area contributed by atoms with Crippen LogP contribution in [0.25, 0.3) is 5.65 Å². The Hall–Kier alpha value is -1.76. The molecule has 2 aromatic rings. The van der Waals surface area contributed by atoms with Crippen LogP contribution in [0.5, 0.6) is 0 Å². The molecule has 10 heteroatoms. The number of ether oxygens (including phenoxy) is 3. The minimum Gasteiger partial charge on any atom is -0.460 e. The highest BCUT2D eigenvalue weighted by Gasteiger charge is 2.32. The van der Waals surface area contributed by atoms with Gasteiger partial charge in [-0.05, 0) is 65.5 Å². The van der Waals surface area contributed by atoms with Gasteiger partial charge in [-0.25, -0.2) is 4.98 Å². The number of hydrogen-bond acceptors (Lipinski definition) is 7. The monoisotopic (exact) mass is 590 g/mol. The topological polar surface area (TPSA) is 78.2 Å². The average molecular weight is 591 g/mol. The highest BCUT2D eigenvalue weighted by molar-refractivity contribution is 6.76. The summed E-state index contributed by atoms with van der Waals surface area (Å²) in [6.45, 7) is 24.5. The molecule has 1 aliphatic rings. The van der Waals surface area contributed by atoms with E-state index in [0.29, 0.717) is 19.4 Å². The maximum Gasteiger partial charge on any atom is 0.309 e. The van der Waals surface area contributed by atoms with E-state index in [0.717, 1.165) is 73.7 Å². The number of aromatic nitrogens is 3. The van der Waals surface area contributed by atoms with Crippen LogP contribution in [0.15, 0.2) is 12.3 Å². The molecule has 226 valence electrons. The van der Waals surface area contributed by atoms with Crippen molar-refractivity contribution in [3.05, 3.63) is 23.5 Å². The molecule has 0 aromatic carbocycles. The number of fused-ring (bicyclic) bond motifs is 1. The minimum absolute atomic E-state index is 0.0357. The molecule has 0 spiro atoms. The van der Waals surface area contributed by atoms with Crippen LogP contribution < -0.4 is 4.90 Å². The molecule has 3 rings (SSSR count). The molecule has 0 saturated heterocycles. The first-order valence-electron chi connectivity index (χ1n) is 15.0. The Bertz CT molecular complexity index is 1090. The summed E-state index contributed by atoms with van der Waals surface area (Å²) in [5.41, 5.74) is 2.52. The molecule has 40 heavy (non-hydrogen) atoms. The molecule has 1 aliphatic carbocycles. The first-order valence-corrected chi connectivity index (χ1v) is 22.4. The lowest BCUT2D eigenvalue weighted by molar-refractivity contribution is -0.161. The van der Waals surface area contributed by atoms with Crippen molar-refractivity contribution >= 4 is 33.6 Å². The van der Waals surface area contributed by atoms with Crippen molar-refractivity contribution in [2.45, 2.75) is 116 Å². The summed E-state index contributed by atoms with van der Waals surface area (Å²) < 4.78 is 20.0. The van der Waals surface area contributed by atoms with Crippen LogP contribution in [-0.2, 0) is 19.0 Å². The Morgan fingerprint density at radius 2 is 1.52 bits per heavy atom. The third kappa shape index (κ3) is 10.3. The number of esters is 1. The number of aryl methyl sites for hydroxylation is 1. The third-order valence-electron chi connectivity index (χ3n) is 7.35. The second-order valence-corrected chi connectivity index (χ2v) is 26.2. The maximum absolute atomic E-state index is 12.7. The summed E-state index contributed by atoms with van der Waals surface area (Å²) in [4.78, 5) is 19.9. The zero-order valence-electron chi connectivity index (χ0n) is 26.8. The van der Waals surface area contributed by atoms with Crippen molar-refractivity contribution in [2.24, 2.45) is 5.92 Å². The molecular formula is C30H54N4O4Si2. The molecule has 0 bridgehead atoms. The van der Waals surface area contributed by atoms with Crippen LogP contribution in [0.2, 0.25) is 51.4 Å². The highest BCUT2D eigenvalue weighted by atomic mass is 28.3. The molecule has 2 aromatic heterocycles. The van der Waals surface area contributed by atoms with Crippen molar-refractivity contribution in [3.8, 4) is 0 Å². The van der Waals surface area contributed by atoms with E-state index in [-0.39, 0.29) is 11.9 Å². The van der Waals surface area contributed by atoms with E-state index in [4.69, 9.17) is 19.2 Å². The summed E-state index contributed by atoms with van der Waals surface area (Å²) in [5, 5.41) is 4.68. The van der Waals surface area contributed by atoms with Gasteiger partial charge in [0.2, 0.25) is 0 Å². The lowest BCUT2D eigenvalue weighted by Crippen LogP contribution is -2.33. The lowest BCUT2D eigenvalue weighted by Gasteiger charge is -2.31. The molecule has 1 fully saturated rings. The van der Waals surface area contributed by atoms with Crippen molar-refractivity contribution in [3.63, 3.8) is 0 Å². The van der Waals surface area contributed by atoms with Gasteiger partial charge in [0.1, 0.15) is 24.9 Å². The van der Waals surface area contributed by atoms with E-state index in [2.05, 4.69) is 62.3 Å². The van der Waals surface area contributed by atoms with Crippen LogP contribution in [0.4, 0.5) is 5.82 Å². The van der Waals surface area contributed by atoms with Crippen LogP contribution in [0.3, 0.4) is 0 Å². The van der Waals surface area contributed by atoms with Gasteiger partial charge in [0.15, 0.2) is 5.65 Å². The zero-order valence-corrected chi connectivity index (χ0v) is 28.8. The Morgan fingerprint density at radius 3 is 2.02 bits per heavy atom. The molecule has 0 amide bonds. The SMILES string of the molecule is Cc1cnn2c(N(COCC[Si](C)(C)C)COCC[Si](C)(C)C)cc([C@H]3CC[C@H](C(=O)OC(C)(C)C)CC3)nc12. The molecule has 1 saturated carbocycles. The Kier molecular flexibility index (Phi) is 11.0. The summed E-state index contributed by atoms with van der Waals surface area (Å²) in [6.07, 6.45) is 5.36. The van der Waals surface area contributed by atoms with Gasteiger partial charge in [-0.3, -0.25) is 4.79 Å². The van der Waals surface area contributed by atoms with Gasteiger partial charge in [-0.1, -0.05) is 39.3 Å². The minimum atomic E-state index is -1.19. The average Bonchev–Trinajstić information content (AvgIpc) is 3.21. The third-order valence-corrected chi connectivity index (χ3v) is 10.8. The smallest absolute Gasteiger partial charge is 0.309 e. The standard InChI is InChI=1S/C30H54N4O4Si2/c1-23-20-31-34-27(33(21-36-15-17-39(5,6)7)22-37-16-18-40(8,9)10)19-26(32-28(23)34)24-11-13-25(14-12-24)29(35)38-30(2,3)4/h19-20,24-25H,11-18,21-22H2,1-10H3/t24-,25-. The van der Waals surface area contributed by atoms with Gasteiger partial charge in [0, 0.05) is 52.6 Å². The van der Waals surface area contributed by atoms with Gasteiger partial charge in [-0.15, -0.1) is 0 Å². The predicted molar refractivity (Wildman–Crippen MR) is 169 cm³/mol. The van der Waals surface area contributed by atoms with Gasteiger partial charge in [-0.2, -0.15) is 9.61 Å². The Morgan fingerprint density at radius 1 is 0.975 bits per heavy atom. The maximum atomic E-state index is 12.7. The fraction of sp³-hybridized carbons (Fsp3) is 0.767. The fourth-order valence-corrected chi connectivity index (χ4v) is 6.31. The van der Waals surface area contributed by atoms with E-state index in [1.54, 1.807) is 0 Å². The van der Waals surface area contributed by atoms with E-state index < -0.39 is 21.7 Å². The quantitative estimate of drug-likeness (QED) is 0.107. The van der Waals surface area contributed by atoms with Crippen LogP contribution in [0.1, 0.15) is 63.6 Å². The van der Waals surface area contributed by atoms with Crippen LogP contribution >= 0.6 is 0 Å². The number of carbonyl (C=O) groups is 1. The number of carbonyl (C=O) groups excluding carboxylic acids is 1. The second-order valence-electron chi connectivity index (χ2n) is 14.9. The molecule has 0 radical (unpaired) electrons. The van der Waals surface area contributed by atoms with Gasteiger partial charge in [0.05, 0.1) is 12.1 Å². The van der Waals surface area contributed by atoms with Crippen molar-refractivity contribution < 1.29 is 19.0 Å². The van der Waals surface area contributed by atoms with E-state index in [9.17, 15) is 4.79 Å². The van der Waals surface area contributed by atoms with Crippen molar-refractivity contribution in [1.82, 2.24) is 14.6 Å².